The Labute approximate surface area is 129 Å². The van der Waals surface area contributed by atoms with Crippen molar-refractivity contribution in [2.45, 2.75) is 24.0 Å². The van der Waals surface area contributed by atoms with Crippen molar-refractivity contribution >= 4 is 39.9 Å². The van der Waals surface area contributed by atoms with Crippen LogP contribution in [0.25, 0.3) is 0 Å². The molecule has 2 nitrogen and oxygen atoms in total. The lowest BCUT2D eigenvalue weighted by Gasteiger charge is -2.06. The summed E-state index contributed by atoms with van der Waals surface area (Å²) in [5.74, 6) is 1.21. The van der Waals surface area contributed by atoms with Gasteiger partial charge in [-0.25, -0.2) is 9.37 Å². The molecule has 0 saturated heterocycles. The number of aromatic amines is 1. The summed E-state index contributed by atoms with van der Waals surface area (Å²) in [7, 11) is 0. The van der Waals surface area contributed by atoms with Crippen LogP contribution in [-0.4, -0.2) is 9.97 Å². The number of halogens is 2. The highest BCUT2D eigenvalue weighted by molar-refractivity contribution is 9.10. The van der Waals surface area contributed by atoms with Gasteiger partial charge in [0.25, 0.3) is 0 Å². The number of hydrogen-bond donors (Lipinski definition) is 1. The second-order valence-corrected chi connectivity index (χ2v) is 6.11. The van der Waals surface area contributed by atoms with Gasteiger partial charge in [0.15, 0.2) is 0 Å². The number of thioether (sulfide) groups is 1. The number of hydrogen-bond acceptors (Lipinski definition) is 3. The lowest BCUT2D eigenvalue weighted by Crippen LogP contribution is -1.99. The van der Waals surface area contributed by atoms with Crippen LogP contribution in [0, 0.1) is 10.5 Å². The third kappa shape index (κ3) is 3.87. The van der Waals surface area contributed by atoms with Crippen LogP contribution in [0.3, 0.4) is 0 Å². The average Bonchev–Trinajstić information content (AvgIpc) is 2.40. The summed E-state index contributed by atoms with van der Waals surface area (Å²) in [6.07, 6.45) is 0.852. The van der Waals surface area contributed by atoms with E-state index in [1.54, 1.807) is 6.07 Å². The quantitative estimate of drug-likeness (QED) is 0.622. The number of benzene rings is 1. The second kappa shape index (κ2) is 6.63. The van der Waals surface area contributed by atoms with Gasteiger partial charge in [-0.05, 0) is 40.5 Å². The average molecular weight is 359 g/mol. The van der Waals surface area contributed by atoms with E-state index in [0.29, 0.717) is 10.4 Å². The van der Waals surface area contributed by atoms with Crippen molar-refractivity contribution in [3.05, 3.63) is 50.7 Å². The molecular formula is C13H12BrFN2S2. The summed E-state index contributed by atoms with van der Waals surface area (Å²) < 4.78 is 14.5. The van der Waals surface area contributed by atoms with Gasteiger partial charge in [0.2, 0.25) is 0 Å². The molecule has 1 N–H and O–H groups in total. The zero-order valence-corrected chi connectivity index (χ0v) is 13.5. The number of H-pyrrole nitrogens is 1. The fourth-order valence-electron chi connectivity index (χ4n) is 1.58. The maximum absolute atomic E-state index is 13.1. The molecule has 0 aliphatic rings. The van der Waals surface area contributed by atoms with E-state index in [4.69, 9.17) is 12.2 Å². The molecular weight excluding hydrogens is 347 g/mol. The van der Waals surface area contributed by atoms with Crippen LogP contribution in [0.5, 0.6) is 0 Å². The van der Waals surface area contributed by atoms with Crippen LogP contribution in [0.2, 0.25) is 0 Å². The Hall–Kier alpha value is -0.720. The lowest BCUT2D eigenvalue weighted by atomic mass is 10.3. The molecule has 0 spiro atoms. The van der Waals surface area contributed by atoms with Crippen molar-refractivity contribution in [2.75, 3.05) is 0 Å². The molecule has 0 fully saturated rings. The Morgan fingerprint density at radius 1 is 1.47 bits per heavy atom. The van der Waals surface area contributed by atoms with Gasteiger partial charge in [0, 0.05) is 10.6 Å². The van der Waals surface area contributed by atoms with Gasteiger partial charge in [-0.1, -0.05) is 25.2 Å². The third-order valence-electron chi connectivity index (χ3n) is 2.51. The van der Waals surface area contributed by atoms with Crippen LogP contribution >= 0.6 is 39.9 Å². The molecule has 0 amide bonds. The van der Waals surface area contributed by atoms with E-state index < -0.39 is 0 Å². The molecule has 1 aromatic carbocycles. The minimum atomic E-state index is -0.226. The smallest absolute Gasteiger partial charge is 0.144 e. The van der Waals surface area contributed by atoms with Gasteiger partial charge in [0.1, 0.15) is 16.3 Å². The minimum Gasteiger partial charge on any atom is -0.345 e. The van der Waals surface area contributed by atoms with Crippen molar-refractivity contribution in [3.63, 3.8) is 0 Å². The summed E-state index contributed by atoms with van der Waals surface area (Å²) in [5.41, 5.74) is 1.04. The van der Waals surface area contributed by atoms with Crippen molar-refractivity contribution in [3.8, 4) is 0 Å². The van der Waals surface area contributed by atoms with E-state index in [1.165, 1.54) is 23.9 Å². The molecule has 0 aliphatic carbocycles. The molecule has 0 unspecified atom stereocenters. The monoisotopic (exact) mass is 358 g/mol. The Bertz CT molecular complexity index is 643. The first kappa shape index (κ1) is 14.7. The molecule has 0 aliphatic heterocycles. The van der Waals surface area contributed by atoms with Crippen molar-refractivity contribution in [1.82, 2.24) is 9.97 Å². The highest BCUT2D eigenvalue weighted by atomic mass is 79.9. The Balaban J connectivity index is 2.16. The summed E-state index contributed by atoms with van der Waals surface area (Å²) >= 11 is 10.2. The highest BCUT2D eigenvalue weighted by Gasteiger charge is 2.05. The number of nitrogens with one attached hydrogen (secondary N) is 1. The maximum atomic E-state index is 13.1. The SMILES string of the molecule is CCc1[nH]c(CSc2cccc(F)c2)nc(=S)c1Br. The zero-order chi connectivity index (χ0) is 13.8. The summed E-state index contributed by atoms with van der Waals surface area (Å²) in [6, 6.07) is 6.53. The van der Waals surface area contributed by atoms with Gasteiger partial charge in [-0.2, -0.15) is 0 Å². The van der Waals surface area contributed by atoms with Gasteiger partial charge >= 0.3 is 0 Å². The molecule has 19 heavy (non-hydrogen) atoms. The van der Waals surface area contributed by atoms with Crippen LogP contribution in [0.15, 0.2) is 33.6 Å². The molecule has 100 valence electrons. The van der Waals surface area contributed by atoms with Gasteiger partial charge in [-0.3, -0.25) is 0 Å². The first-order valence-corrected chi connectivity index (χ1v) is 7.94. The molecule has 2 aromatic rings. The number of aromatic nitrogens is 2. The molecule has 0 radical (unpaired) electrons. The Kier molecular flexibility index (Phi) is 5.13. The summed E-state index contributed by atoms with van der Waals surface area (Å²) in [4.78, 5) is 8.44. The van der Waals surface area contributed by atoms with Crippen LogP contribution in [0.4, 0.5) is 4.39 Å². The zero-order valence-electron chi connectivity index (χ0n) is 10.2. The van der Waals surface area contributed by atoms with E-state index in [9.17, 15) is 4.39 Å². The van der Waals surface area contributed by atoms with E-state index in [-0.39, 0.29) is 5.82 Å². The molecule has 1 heterocycles. The summed E-state index contributed by atoms with van der Waals surface area (Å²) in [6.45, 7) is 2.05. The van der Waals surface area contributed by atoms with E-state index in [0.717, 1.165) is 27.3 Å². The first-order chi connectivity index (χ1) is 9.10. The van der Waals surface area contributed by atoms with Crippen LogP contribution in [-0.2, 0) is 12.2 Å². The Morgan fingerprint density at radius 2 is 2.26 bits per heavy atom. The topological polar surface area (TPSA) is 28.7 Å². The number of rotatable bonds is 4. The van der Waals surface area contributed by atoms with E-state index in [1.807, 2.05) is 6.07 Å². The van der Waals surface area contributed by atoms with E-state index >= 15 is 0 Å². The van der Waals surface area contributed by atoms with Crippen molar-refractivity contribution in [2.24, 2.45) is 0 Å². The molecule has 0 saturated carbocycles. The predicted octanol–water partition coefficient (Wildman–Crippen LogP) is 4.90. The maximum Gasteiger partial charge on any atom is 0.144 e. The Morgan fingerprint density at radius 3 is 2.95 bits per heavy atom. The number of nitrogens with zero attached hydrogens (tertiary/aromatic N) is 1. The summed E-state index contributed by atoms with van der Waals surface area (Å²) in [5, 5.41) is 0. The fourth-order valence-corrected chi connectivity index (χ4v) is 3.09. The minimum absolute atomic E-state index is 0.226. The van der Waals surface area contributed by atoms with Crippen LogP contribution < -0.4 is 0 Å². The fraction of sp³-hybridized carbons (Fsp3) is 0.231. The third-order valence-corrected chi connectivity index (χ3v) is 4.93. The lowest BCUT2D eigenvalue weighted by molar-refractivity contribution is 0.624. The van der Waals surface area contributed by atoms with Gasteiger partial charge in [-0.15, -0.1) is 11.8 Å². The first-order valence-electron chi connectivity index (χ1n) is 5.76. The standard InChI is InChI=1S/C13H12BrFN2S2/c1-2-10-12(14)13(18)17-11(16-10)7-19-9-5-3-4-8(15)6-9/h3-6H,2,7H2,1H3,(H,16,17,18). The van der Waals surface area contributed by atoms with Gasteiger partial charge in [0.05, 0.1) is 10.2 Å². The molecule has 1 aromatic heterocycles. The predicted molar refractivity (Wildman–Crippen MR) is 82.5 cm³/mol. The van der Waals surface area contributed by atoms with Crippen LogP contribution in [0.1, 0.15) is 18.4 Å². The largest absolute Gasteiger partial charge is 0.345 e. The van der Waals surface area contributed by atoms with Crippen molar-refractivity contribution < 1.29 is 4.39 Å². The van der Waals surface area contributed by atoms with Gasteiger partial charge < -0.3 is 4.98 Å². The normalized spacial score (nSPS) is 10.7. The molecule has 6 heteroatoms. The van der Waals surface area contributed by atoms with Crippen molar-refractivity contribution in [1.29, 1.82) is 0 Å². The highest BCUT2D eigenvalue weighted by Crippen LogP contribution is 2.23. The molecule has 0 atom stereocenters. The number of aryl methyl sites for hydroxylation is 1. The second-order valence-electron chi connectivity index (χ2n) is 3.88. The molecule has 2 rings (SSSR count). The van der Waals surface area contributed by atoms with E-state index in [2.05, 4.69) is 32.8 Å². The molecule has 0 bridgehead atoms.